The van der Waals surface area contributed by atoms with Gasteiger partial charge >= 0.3 is 0 Å². The van der Waals surface area contributed by atoms with Crippen LogP contribution >= 0.6 is 0 Å². The summed E-state index contributed by atoms with van der Waals surface area (Å²) in [6.07, 6.45) is 5.80. The number of allylic oxidation sites excluding steroid dienone is 1. The Balaban J connectivity index is 2.66. The number of hydrogen-bond acceptors (Lipinski definition) is 2. The maximum absolute atomic E-state index is 6.16. The topological polar surface area (TPSA) is 38.4 Å². The van der Waals surface area contributed by atoms with Crippen molar-refractivity contribution in [1.29, 1.82) is 0 Å². The van der Waals surface area contributed by atoms with E-state index in [1.54, 1.807) is 7.05 Å². The van der Waals surface area contributed by atoms with E-state index < -0.39 is 0 Å². The van der Waals surface area contributed by atoms with Gasteiger partial charge in [0.25, 0.3) is 0 Å². The quantitative estimate of drug-likeness (QED) is 0.755. The largest absolute Gasteiger partial charge is 0.324 e. The third-order valence-electron chi connectivity index (χ3n) is 2.62. The Kier molecular flexibility index (Phi) is 5.51. The zero-order valence-electron chi connectivity index (χ0n) is 10.1. The van der Waals surface area contributed by atoms with Crippen molar-refractivity contribution in [2.24, 2.45) is 10.7 Å². The van der Waals surface area contributed by atoms with Gasteiger partial charge in [0.05, 0.1) is 0 Å². The van der Waals surface area contributed by atoms with E-state index in [-0.39, 0.29) is 6.04 Å². The molecule has 2 N–H and O–H groups in total. The van der Waals surface area contributed by atoms with Crippen LogP contribution in [0.15, 0.2) is 47.0 Å². The monoisotopic (exact) mass is 216 g/mol. The molecule has 1 aromatic carbocycles. The SMILES string of the molecule is CC/C(=C\C=NC)CC(N)c1ccccc1. The smallest absolute Gasteiger partial charge is 0.0332 e. The van der Waals surface area contributed by atoms with Crippen molar-refractivity contribution < 1.29 is 0 Å². The highest BCUT2D eigenvalue weighted by atomic mass is 14.6. The van der Waals surface area contributed by atoms with E-state index in [2.05, 4.69) is 30.1 Å². The van der Waals surface area contributed by atoms with Gasteiger partial charge in [-0.3, -0.25) is 4.99 Å². The second kappa shape index (κ2) is 6.96. The first-order valence-electron chi connectivity index (χ1n) is 5.68. The fourth-order valence-electron chi connectivity index (χ4n) is 1.61. The summed E-state index contributed by atoms with van der Waals surface area (Å²) in [5, 5.41) is 0. The zero-order chi connectivity index (χ0) is 11.8. The molecular formula is C14H20N2. The molecule has 86 valence electrons. The molecule has 1 aromatic rings. The molecule has 0 aliphatic carbocycles. The first kappa shape index (κ1) is 12.7. The highest BCUT2D eigenvalue weighted by Crippen LogP contribution is 2.19. The Bertz CT molecular complexity index is 352. The molecule has 0 heterocycles. The van der Waals surface area contributed by atoms with Crippen LogP contribution in [0.2, 0.25) is 0 Å². The lowest BCUT2D eigenvalue weighted by molar-refractivity contribution is 0.700. The van der Waals surface area contributed by atoms with Crippen LogP contribution in [0, 0.1) is 0 Å². The molecular weight excluding hydrogens is 196 g/mol. The molecule has 0 bridgehead atoms. The minimum absolute atomic E-state index is 0.0812. The first-order valence-corrected chi connectivity index (χ1v) is 5.68. The summed E-state index contributed by atoms with van der Waals surface area (Å²) in [6, 6.07) is 10.3. The molecule has 0 radical (unpaired) electrons. The molecule has 0 fully saturated rings. The van der Waals surface area contributed by atoms with E-state index >= 15 is 0 Å². The number of nitrogens with zero attached hydrogens (tertiary/aromatic N) is 1. The van der Waals surface area contributed by atoms with Crippen molar-refractivity contribution in [2.45, 2.75) is 25.8 Å². The van der Waals surface area contributed by atoms with Gasteiger partial charge in [0, 0.05) is 19.3 Å². The van der Waals surface area contributed by atoms with Crippen molar-refractivity contribution in [3.05, 3.63) is 47.5 Å². The summed E-state index contributed by atoms with van der Waals surface area (Å²) in [5.41, 5.74) is 8.68. The molecule has 0 saturated heterocycles. The van der Waals surface area contributed by atoms with E-state index in [0.29, 0.717) is 0 Å². The average Bonchev–Trinajstić information content (AvgIpc) is 2.35. The van der Waals surface area contributed by atoms with Crippen LogP contribution in [0.3, 0.4) is 0 Å². The number of aliphatic imine (C=N–C) groups is 1. The van der Waals surface area contributed by atoms with Crippen LogP contribution in [0.1, 0.15) is 31.4 Å². The number of rotatable bonds is 5. The Hall–Kier alpha value is -1.41. The Morgan fingerprint density at radius 1 is 1.38 bits per heavy atom. The maximum atomic E-state index is 6.16. The predicted molar refractivity (Wildman–Crippen MR) is 70.8 cm³/mol. The molecule has 1 atom stereocenters. The highest BCUT2D eigenvalue weighted by Gasteiger charge is 2.06. The van der Waals surface area contributed by atoms with Crippen molar-refractivity contribution in [2.75, 3.05) is 7.05 Å². The van der Waals surface area contributed by atoms with Gasteiger partial charge in [-0.25, -0.2) is 0 Å². The molecule has 1 rings (SSSR count). The molecule has 0 spiro atoms. The Morgan fingerprint density at radius 2 is 2.06 bits per heavy atom. The van der Waals surface area contributed by atoms with Crippen LogP contribution in [-0.4, -0.2) is 13.3 Å². The van der Waals surface area contributed by atoms with Gasteiger partial charge in [-0.15, -0.1) is 0 Å². The van der Waals surface area contributed by atoms with Gasteiger partial charge in [0.15, 0.2) is 0 Å². The van der Waals surface area contributed by atoms with Crippen LogP contribution in [0.25, 0.3) is 0 Å². The fourth-order valence-corrected chi connectivity index (χ4v) is 1.61. The third-order valence-corrected chi connectivity index (χ3v) is 2.62. The van der Waals surface area contributed by atoms with E-state index in [1.165, 1.54) is 11.1 Å². The minimum Gasteiger partial charge on any atom is -0.324 e. The predicted octanol–water partition coefficient (Wildman–Crippen LogP) is 3.11. The number of nitrogens with two attached hydrogens (primary N) is 1. The van der Waals surface area contributed by atoms with Crippen molar-refractivity contribution >= 4 is 6.21 Å². The molecule has 0 saturated carbocycles. The number of benzene rings is 1. The van der Waals surface area contributed by atoms with Gasteiger partial charge in [0.1, 0.15) is 0 Å². The summed E-state index contributed by atoms with van der Waals surface area (Å²) in [6.45, 7) is 2.15. The summed E-state index contributed by atoms with van der Waals surface area (Å²) in [7, 11) is 1.78. The first-order chi connectivity index (χ1) is 7.77. The average molecular weight is 216 g/mol. The molecule has 2 nitrogen and oxygen atoms in total. The molecule has 16 heavy (non-hydrogen) atoms. The lowest BCUT2D eigenvalue weighted by Gasteiger charge is -2.13. The van der Waals surface area contributed by atoms with Crippen molar-refractivity contribution in [1.82, 2.24) is 0 Å². The Labute approximate surface area is 97.9 Å². The second-order valence-electron chi connectivity index (χ2n) is 3.81. The lowest BCUT2D eigenvalue weighted by atomic mass is 9.98. The normalized spacial score (nSPS) is 14.3. The molecule has 2 heteroatoms. The fraction of sp³-hybridized carbons (Fsp3) is 0.357. The van der Waals surface area contributed by atoms with E-state index in [0.717, 1.165) is 12.8 Å². The lowest BCUT2D eigenvalue weighted by Crippen LogP contribution is -2.11. The van der Waals surface area contributed by atoms with Crippen molar-refractivity contribution in [3.8, 4) is 0 Å². The van der Waals surface area contributed by atoms with Gasteiger partial charge in [-0.1, -0.05) is 42.8 Å². The maximum Gasteiger partial charge on any atom is 0.0332 e. The standard InChI is InChI=1S/C14H20N2/c1-3-12(9-10-16-2)11-14(15)13-7-5-4-6-8-13/h4-10,14H,3,11,15H2,1-2H3/b12-9+,16-10?. The van der Waals surface area contributed by atoms with Crippen LogP contribution in [-0.2, 0) is 0 Å². The summed E-state index contributed by atoms with van der Waals surface area (Å²) >= 11 is 0. The van der Waals surface area contributed by atoms with Gasteiger partial charge in [0.2, 0.25) is 0 Å². The van der Waals surface area contributed by atoms with Crippen LogP contribution in [0.4, 0.5) is 0 Å². The molecule has 0 aliphatic heterocycles. The molecule has 0 amide bonds. The van der Waals surface area contributed by atoms with Gasteiger partial charge in [-0.2, -0.15) is 0 Å². The molecule has 1 unspecified atom stereocenters. The van der Waals surface area contributed by atoms with E-state index in [1.807, 2.05) is 24.4 Å². The summed E-state index contributed by atoms with van der Waals surface area (Å²) in [4.78, 5) is 3.96. The van der Waals surface area contributed by atoms with Gasteiger partial charge in [-0.05, 0) is 24.5 Å². The van der Waals surface area contributed by atoms with E-state index in [4.69, 9.17) is 5.73 Å². The second-order valence-corrected chi connectivity index (χ2v) is 3.81. The molecule has 0 aliphatic rings. The van der Waals surface area contributed by atoms with Crippen molar-refractivity contribution in [3.63, 3.8) is 0 Å². The zero-order valence-corrected chi connectivity index (χ0v) is 10.1. The minimum atomic E-state index is 0.0812. The summed E-state index contributed by atoms with van der Waals surface area (Å²) in [5.74, 6) is 0. The summed E-state index contributed by atoms with van der Waals surface area (Å²) < 4.78 is 0. The van der Waals surface area contributed by atoms with Crippen LogP contribution in [0.5, 0.6) is 0 Å². The highest BCUT2D eigenvalue weighted by molar-refractivity contribution is 5.71. The molecule has 0 aromatic heterocycles. The Morgan fingerprint density at radius 3 is 2.62 bits per heavy atom. The number of hydrogen-bond donors (Lipinski definition) is 1. The van der Waals surface area contributed by atoms with Crippen LogP contribution < -0.4 is 5.73 Å². The van der Waals surface area contributed by atoms with E-state index in [9.17, 15) is 0 Å². The third kappa shape index (κ3) is 3.99. The van der Waals surface area contributed by atoms with Gasteiger partial charge < -0.3 is 5.73 Å².